The minimum atomic E-state index is -0.246. The number of piperazine rings is 1. The van der Waals surface area contributed by atoms with Gasteiger partial charge in [-0.1, -0.05) is 18.2 Å². The number of benzene rings is 2. The summed E-state index contributed by atoms with van der Waals surface area (Å²) in [6.07, 6.45) is 8.85. The van der Waals surface area contributed by atoms with E-state index in [0.717, 1.165) is 28.2 Å². The predicted octanol–water partition coefficient (Wildman–Crippen LogP) is 4.44. The lowest BCUT2D eigenvalue weighted by atomic mass is 10.1. The number of amides is 1. The highest BCUT2D eigenvalue weighted by molar-refractivity contribution is 5.93. The van der Waals surface area contributed by atoms with Gasteiger partial charge in [-0.25, -0.2) is 9.07 Å². The summed E-state index contributed by atoms with van der Waals surface area (Å²) in [6, 6.07) is 20.2. The number of pyridine rings is 1. The first-order chi connectivity index (χ1) is 16.7. The lowest BCUT2D eigenvalue weighted by Crippen LogP contribution is -2.48. The summed E-state index contributed by atoms with van der Waals surface area (Å²) in [5.74, 6) is -0.285. The van der Waals surface area contributed by atoms with Gasteiger partial charge in [0.15, 0.2) is 0 Å². The summed E-state index contributed by atoms with van der Waals surface area (Å²) in [7, 11) is 0. The molecule has 1 aliphatic rings. The Bertz CT molecular complexity index is 1280. The van der Waals surface area contributed by atoms with Gasteiger partial charge >= 0.3 is 0 Å². The van der Waals surface area contributed by atoms with Gasteiger partial charge in [-0.3, -0.25) is 9.78 Å². The highest BCUT2D eigenvalue weighted by atomic mass is 19.1. The Kier molecular flexibility index (Phi) is 6.16. The quantitative estimate of drug-likeness (QED) is 0.420. The number of aromatic nitrogens is 3. The van der Waals surface area contributed by atoms with Crippen molar-refractivity contribution >= 4 is 17.7 Å². The van der Waals surface area contributed by atoms with Crippen LogP contribution in [0.15, 0.2) is 91.4 Å². The lowest BCUT2D eigenvalue weighted by molar-refractivity contribution is -0.126. The first kappa shape index (κ1) is 21.6. The van der Waals surface area contributed by atoms with Gasteiger partial charge in [0, 0.05) is 67.7 Å². The fourth-order valence-corrected chi connectivity index (χ4v) is 4.05. The van der Waals surface area contributed by atoms with Crippen LogP contribution in [0.2, 0.25) is 0 Å². The molecule has 170 valence electrons. The molecule has 6 nitrogen and oxygen atoms in total. The summed E-state index contributed by atoms with van der Waals surface area (Å²) >= 11 is 0. The summed E-state index contributed by atoms with van der Waals surface area (Å²) in [6.45, 7) is 2.63. The number of hydrogen-bond donors (Lipinski definition) is 0. The van der Waals surface area contributed by atoms with Crippen LogP contribution in [0.4, 0.5) is 10.1 Å². The fourth-order valence-electron chi connectivity index (χ4n) is 4.05. The number of rotatable bonds is 5. The number of anilines is 1. The van der Waals surface area contributed by atoms with Gasteiger partial charge in [-0.05, 0) is 54.6 Å². The van der Waals surface area contributed by atoms with Gasteiger partial charge in [0.05, 0.1) is 5.69 Å². The van der Waals surface area contributed by atoms with E-state index < -0.39 is 0 Å². The largest absolute Gasteiger partial charge is 0.368 e. The average Bonchev–Trinajstić information content (AvgIpc) is 3.33. The Balaban J connectivity index is 1.32. The van der Waals surface area contributed by atoms with Crippen molar-refractivity contribution in [3.8, 4) is 16.9 Å². The number of carbonyl (C=O) groups is 1. The monoisotopic (exact) mass is 453 g/mol. The number of carbonyl (C=O) groups excluding carboxylic acids is 1. The van der Waals surface area contributed by atoms with Crippen molar-refractivity contribution in [3.63, 3.8) is 0 Å². The molecule has 1 aliphatic heterocycles. The minimum Gasteiger partial charge on any atom is -0.368 e. The standard InChI is InChI=1S/C27H24FN5O/c28-23-9-11-24(12-10-23)31-15-17-32(18-16-31)26(34)13-8-22-20-33(25-6-2-1-3-7-25)30-27(22)21-5-4-14-29-19-21/h1-14,19-20H,15-18H2. The van der Waals surface area contributed by atoms with Gasteiger partial charge in [0.1, 0.15) is 11.5 Å². The zero-order chi connectivity index (χ0) is 23.3. The van der Waals surface area contributed by atoms with E-state index in [-0.39, 0.29) is 11.7 Å². The average molecular weight is 454 g/mol. The predicted molar refractivity (Wildman–Crippen MR) is 131 cm³/mol. The van der Waals surface area contributed by atoms with Crippen LogP contribution < -0.4 is 4.90 Å². The van der Waals surface area contributed by atoms with Crippen molar-refractivity contribution in [1.82, 2.24) is 19.7 Å². The molecular formula is C27H24FN5O. The van der Waals surface area contributed by atoms with Crippen molar-refractivity contribution in [1.29, 1.82) is 0 Å². The van der Waals surface area contributed by atoms with E-state index in [4.69, 9.17) is 5.10 Å². The van der Waals surface area contributed by atoms with Gasteiger partial charge in [0.2, 0.25) is 5.91 Å². The van der Waals surface area contributed by atoms with Gasteiger partial charge in [-0.2, -0.15) is 5.10 Å². The minimum absolute atomic E-state index is 0.0386. The Morgan fingerprint density at radius 1 is 0.882 bits per heavy atom. The van der Waals surface area contributed by atoms with E-state index >= 15 is 0 Å². The Hall–Kier alpha value is -4.26. The molecule has 5 rings (SSSR count). The third kappa shape index (κ3) is 4.73. The molecule has 0 radical (unpaired) electrons. The van der Waals surface area contributed by atoms with E-state index in [1.807, 2.05) is 64.3 Å². The van der Waals surface area contributed by atoms with Crippen LogP contribution in [0.25, 0.3) is 23.0 Å². The van der Waals surface area contributed by atoms with Crippen LogP contribution in [0, 0.1) is 5.82 Å². The van der Waals surface area contributed by atoms with Crippen molar-refractivity contribution < 1.29 is 9.18 Å². The first-order valence-electron chi connectivity index (χ1n) is 11.2. The van der Waals surface area contributed by atoms with Gasteiger partial charge in [0.25, 0.3) is 0 Å². The van der Waals surface area contributed by atoms with E-state index in [9.17, 15) is 9.18 Å². The molecule has 2 aromatic heterocycles. The van der Waals surface area contributed by atoms with Crippen molar-refractivity contribution in [2.45, 2.75) is 0 Å². The van der Waals surface area contributed by atoms with Crippen LogP contribution in [-0.2, 0) is 4.79 Å². The van der Waals surface area contributed by atoms with E-state index in [1.165, 1.54) is 12.1 Å². The SMILES string of the molecule is O=C(C=Cc1cn(-c2ccccc2)nc1-c1cccnc1)N1CCN(c2ccc(F)cc2)CC1. The fraction of sp³-hybridized carbons (Fsp3) is 0.148. The second-order valence-electron chi connectivity index (χ2n) is 8.08. The summed E-state index contributed by atoms with van der Waals surface area (Å²) in [4.78, 5) is 21.1. The number of halogens is 1. The van der Waals surface area contributed by atoms with Crippen molar-refractivity contribution in [2.24, 2.45) is 0 Å². The Morgan fingerprint density at radius 2 is 1.65 bits per heavy atom. The molecule has 3 heterocycles. The Labute approximate surface area is 197 Å². The Morgan fingerprint density at radius 3 is 2.35 bits per heavy atom. The molecule has 0 bridgehead atoms. The highest BCUT2D eigenvalue weighted by Crippen LogP contribution is 2.24. The topological polar surface area (TPSA) is 54.3 Å². The molecule has 34 heavy (non-hydrogen) atoms. The molecule has 7 heteroatoms. The van der Waals surface area contributed by atoms with Crippen molar-refractivity contribution in [3.05, 3.63) is 103 Å². The summed E-state index contributed by atoms with van der Waals surface area (Å²) in [5, 5.41) is 4.76. The third-order valence-corrected chi connectivity index (χ3v) is 5.89. The molecule has 4 aromatic rings. The third-order valence-electron chi connectivity index (χ3n) is 5.89. The van der Waals surface area contributed by atoms with Crippen LogP contribution in [0.5, 0.6) is 0 Å². The summed E-state index contributed by atoms with van der Waals surface area (Å²) in [5.41, 5.74) is 4.41. The van der Waals surface area contributed by atoms with Crippen LogP contribution in [0.3, 0.4) is 0 Å². The maximum atomic E-state index is 13.2. The number of nitrogens with zero attached hydrogens (tertiary/aromatic N) is 5. The zero-order valence-corrected chi connectivity index (χ0v) is 18.6. The first-order valence-corrected chi connectivity index (χ1v) is 11.2. The van der Waals surface area contributed by atoms with Crippen LogP contribution in [0.1, 0.15) is 5.56 Å². The van der Waals surface area contributed by atoms with E-state index in [1.54, 1.807) is 30.6 Å². The summed E-state index contributed by atoms with van der Waals surface area (Å²) < 4.78 is 15.0. The van der Waals surface area contributed by atoms with Gasteiger partial charge in [-0.15, -0.1) is 0 Å². The second-order valence-corrected chi connectivity index (χ2v) is 8.08. The second kappa shape index (κ2) is 9.70. The normalized spacial score (nSPS) is 14.0. The molecule has 1 amide bonds. The smallest absolute Gasteiger partial charge is 0.246 e. The molecule has 0 saturated carbocycles. The van der Waals surface area contributed by atoms with E-state index in [0.29, 0.717) is 26.2 Å². The highest BCUT2D eigenvalue weighted by Gasteiger charge is 2.20. The molecule has 0 atom stereocenters. The molecule has 0 N–H and O–H groups in total. The molecule has 0 unspecified atom stereocenters. The molecule has 1 saturated heterocycles. The number of para-hydroxylation sites is 1. The zero-order valence-electron chi connectivity index (χ0n) is 18.6. The van der Waals surface area contributed by atoms with Crippen molar-refractivity contribution in [2.75, 3.05) is 31.1 Å². The van der Waals surface area contributed by atoms with Crippen LogP contribution in [-0.4, -0.2) is 51.8 Å². The molecule has 1 fully saturated rings. The molecule has 2 aromatic carbocycles. The maximum absolute atomic E-state index is 13.2. The molecular weight excluding hydrogens is 429 g/mol. The lowest BCUT2D eigenvalue weighted by Gasteiger charge is -2.35. The molecule has 0 spiro atoms. The van der Waals surface area contributed by atoms with Crippen LogP contribution >= 0.6 is 0 Å². The number of hydrogen-bond acceptors (Lipinski definition) is 4. The maximum Gasteiger partial charge on any atom is 0.246 e. The van der Waals surface area contributed by atoms with E-state index in [2.05, 4.69) is 9.88 Å². The van der Waals surface area contributed by atoms with Gasteiger partial charge < -0.3 is 9.80 Å². The molecule has 0 aliphatic carbocycles.